The topological polar surface area (TPSA) is 58.4 Å². The lowest BCUT2D eigenvalue weighted by molar-refractivity contribution is -0.117. The SMILES string of the molecule is CC(CN)CN(C)CC(=O)Nc1ccc(F)cc1. The quantitative estimate of drug-likeness (QED) is 0.803. The van der Waals surface area contributed by atoms with E-state index in [1.165, 1.54) is 24.3 Å². The van der Waals surface area contributed by atoms with Crippen molar-refractivity contribution in [2.24, 2.45) is 11.7 Å². The van der Waals surface area contributed by atoms with E-state index in [1.54, 1.807) is 0 Å². The third-order valence-electron chi connectivity index (χ3n) is 2.57. The number of carbonyl (C=O) groups is 1. The van der Waals surface area contributed by atoms with Gasteiger partial charge in [0.2, 0.25) is 5.91 Å². The fourth-order valence-electron chi connectivity index (χ4n) is 1.65. The third-order valence-corrected chi connectivity index (χ3v) is 2.57. The Kier molecular flexibility index (Phi) is 5.74. The van der Waals surface area contributed by atoms with Crippen LogP contribution < -0.4 is 11.1 Å². The van der Waals surface area contributed by atoms with Crippen molar-refractivity contribution in [2.75, 3.05) is 32.0 Å². The predicted octanol–water partition coefficient (Wildman–Crippen LogP) is 1.29. The molecule has 100 valence electrons. The van der Waals surface area contributed by atoms with Gasteiger partial charge in [-0.1, -0.05) is 6.92 Å². The second-order valence-electron chi connectivity index (χ2n) is 4.59. The van der Waals surface area contributed by atoms with Crippen molar-refractivity contribution < 1.29 is 9.18 Å². The van der Waals surface area contributed by atoms with Crippen LogP contribution in [0.25, 0.3) is 0 Å². The van der Waals surface area contributed by atoms with Gasteiger partial charge in [-0.3, -0.25) is 9.69 Å². The second kappa shape index (κ2) is 7.08. The number of hydrogen-bond donors (Lipinski definition) is 2. The molecule has 0 fully saturated rings. The number of likely N-dealkylation sites (N-methyl/N-ethyl adjacent to an activating group) is 1. The van der Waals surface area contributed by atoms with Gasteiger partial charge in [-0.2, -0.15) is 0 Å². The molecule has 1 amide bonds. The van der Waals surface area contributed by atoms with Crippen molar-refractivity contribution in [1.82, 2.24) is 4.90 Å². The molecule has 0 aliphatic heterocycles. The van der Waals surface area contributed by atoms with Crippen LogP contribution >= 0.6 is 0 Å². The molecule has 0 spiro atoms. The molecule has 1 aromatic rings. The van der Waals surface area contributed by atoms with Crippen molar-refractivity contribution in [3.8, 4) is 0 Å². The summed E-state index contributed by atoms with van der Waals surface area (Å²) < 4.78 is 12.7. The van der Waals surface area contributed by atoms with Gasteiger partial charge in [0.15, 0.2) is 0 Å². The monoisotopic (exact) mass is 253 g/mol. The van der Waals surface area contributed by atoms with Crippen molar-refractivity contribution in [3.05, 3.63) is 30.1 Å². The Morgan fingerprint density at radius 2 is 2.06 bits per heavy atom. The average molecular weight is 253 g/mol. The maximum atomic E-state index is 12.7. The first kappa shape index (κ1) is 14.6. The Hall–Kier alpha value is -1.46. The van der Waals surface area contributed by atoms with Gasteiger partial charge in [-0.25, -0.2) is 4.39 Å². The molecule has 0 bridgehead atoms. The van der Waals surface area contributed by atoms with E-state index in [9.17, 15) is 9.18 Å². The lowest BCUT2D eigenvalue weighted by Crippen LogP contribution is -2.34. The Morgan fingerprint density at radius 1 is 1.44 bits per heavy atom. The predicted molar refractivity (Wildman–Crippen MR) is 70.7 cm³/mol. The number of anilines is 1. The maximum absolute atomic E-state index is 12.7. The number of nitrogens with two attached hydrogens (primary N) is 1. The van der Waals surface area contributed by atoms with Crippen LogP contribution in [-0.2, 0) is 4.79 Å². The van der Waals surface area contributed by atoms with Crippen LogP contribution in [0.15, 0.2) is 24.3 Å². The first-order valence-electron chi connectivity index (χ1n) is 5.95. The fraction of sp³-hybridized carbons (Fsp3) is 0.462. The largest absolute Gasteiger partial charge is 0.330 e. The van der Waals surface area contributed by atoms with Gasteiger partial charge in [-0.05, 0) is 43.8 Å². The summed E-state index contributed by atoms with van der Waals surface area (Å²) in [5.41, 5.74) is 6.12. The van der Waals surface area contributed by atoms with Crippen LogP contribution in [0, 0.1) is 11.7 Å². The smallest absolute Gasteiger partial charge is 0.238 e. The summed E-state index contributed by atoms with van der Waals surface area (Å²) >= 11 is 0. The fourth-order valence-corrected chi connectivity index (χ4v) is 1.65. The molecule has 5 heteroatoms. The zero-order valence-electron chi connectivity index (χ0n) is 10.8. The molecule has 0 saturated carbocycles. The molecule has 0 aliphatic rings. The summed E-state index contributed by atoms with van der Waals surface area (Å²) in [6.45, 7) is 3.70. The highest BCUT2D eigenvalue weighted by Crippen LogP contribution is 2.08. The van der Waals surface area contributed by atoms with Gasteiger partial charge in [0.05, 0.1) is 6.54 Å². The van der Waals surface area contributed by atoms with E-state index in [0.29, 0.717) is 24.7 Å². The van der Waals surface area contributed by atoms with Gasteiger partial charge >= 0.3 is 0 Å². The standard InChI is InChI=1S/C13H20FN3O/c1-10(7-15)8-17(2)9-13(18)16-12-5-3-11(14)4-6-12/h3-6,10H,7-9,15H2,1-2H3,(H,16,18). The van der Waals surface area contributed by atoms with Crippen LogP contribution in [0.5, 0.6) is 0 Å². The number of nitrogens with one attached hydrogen (secondary N) is 1. The zero-order valence-corrected chi connectivity index (χ0v) is 10.8. The van der Waals surface area contributed by atoms with Crippen LogP contribution in [0.2, 0.25) is 0 Å². The van der Waals surface area contributed by atoms with Crippen LogP contribution in [-0.4, -0.2) is 37.5 Å². The van der Waals surface area contributed by atoms with E-state index in [-0.39, 0.29) is 11.7 Å². The molecule has 0 saturated heterocycles. The number of nitrogens with zero attached hydrogens (tertiary/aromatic N) is 1. The van der Waals surface area contributed by atoms with Gasteiger partial charge < -0.3 is 11.1 Å². The van der Waals surface area contributed by atoms with Crippen molar-refractivity contribution in [2.45, 2.75) is 6.92 Å². The Labute approximate surface area is 107 Å². The van der Waals surface area contributed by atoms with E-state index in [1.807, 2.05) is 18.9 Å². The number of halogens is 1. The number of hydrogen-bond acceptors (Lipinski definition) is 3. The van der Waals surface area contributed by atoms with Crippen LogP contribution in [0.1, 0.15) is 6.92 Å². The normalized spacial score (nSPS) is 12.5. The Bertz CT molecular complexity index is 380. The molecule has 0 radical (unpaired) electrons. The van der Waals surface area contributed by atoms with Gasteiger partial charge in [0, 0.05) is 12.2 Å². The summed E-state index contributed by atoms with van der Waals surface area (Å²) in [6, 6.07) is 5.71. The summed E-state index contributed by atoms with van der Waals surface area (Å²) in [6.07, 6.45) is 0. The Balaban J connectivity index is 2.39. The molecule has 1 aromatic carbocycles. The van der Waals surface area contributed by atoms with Crippen LogP contribution in [0.3, 0.4) is 0 Å². The van der Waals surface area contributed by atoms with Gasteiger partial charge in [0.25, 0.3) is 0 Å². The van der Waals surface area contributed by atoms with E-state index < -0.39 is 0 Å². The minimum absolute atomic E-state index is 0.117. The molecule has 18 heavy (non-hydrogen) atoms. The lowest BCUT2D eigenvalue weighted by Gasteiger charge is -2.19. The molecule has 4 nitrogen and oxygen atoms in total. The summed E-state index contributed by atoms with van der Waals surface area (Å²) in [4.78, 5) is 13.6. The molecule has 0 heterocycles. The number of rotatable bonds is 6. The molecular weight excluding hydrogens is 233 g/mol. The second-order valence-corrected chi connectivity index (χ2v) is 4.59. The van der Waals surface area contributed by atoms with E-state index in [4.69, 9.17) is 5.73 Å². The number of carbonyl (C=O) groups excluding carboxylic acids is 1. The van der Waals surface area contributed by atoms with Gasteiger partial charge in [-0.15, -0.1) is 0 Å². The third kappa shape index (κ3) is 5.25. The van der Waals surface area contributed by atoms with Crippen LogP contribution in [0.4, 0.5) is 10.1 Å². The van der Waals surface area contributed by atoms with E-state index >= 15 is 0 Å². The number of benzene rings is 1. The van der Waals surface area contributed by atoms with E-state index in [2.05, 4.69) is 5.32 Å². The van der Waals surface area contributed by atoms with E-state index in [0.717, 1.165) is 6.54 Å². The maximum Gasteiger partial charge on any atom is 0.238 e. The molecule has 1 unspecified atom stereocenters. The molecule has 3 N–H and O–H groups in total. The summed E-state index contributed by atoms with van der Waals surface area (Å²) in [5.74, 6) is -0.0798. The van der Waals surface area contributed by atoms with Crippen molar-refractivity contribution in [1.29, 1.82) is 0 Å². The first-order valence-corrected chi connectivity index (χ1v) is 5.95. The zero-order chi connectivity index (χ0) is 13.5. The molecule has 1 atom stereocenters. The first-order chi connectivity index (χ1) is 8.51. The highest BCUT2D eigenvalue weighted by Gasteiger charge is 2.09. The van der Waals surface area contributed by atoms with Crippen molar-refractivity contribution in [3.63, 3.8) is 0 Å². The minimum Gasteiger partial charge on any atom is -0.330 e. The lowest BCUT2D eigenvalue weighted by atomic mass is 10.2. The summed E-state index contributed by atoms with van der Waals surface area (Å²) in [5, 5.41) is 2.71. The molecule has 1 rings (SSSR count). The van der Waals surface area contributed by atoms with Gasteiger partial charge in [0.1, 0.15) is 5.82 Å². The number of amides is 1. The summed E-state index contributed by atoms with van der Waals surface area (Å²) in [7, 11) is 1.87. The highest BCUT2D eigenvalue weighted by atomic mass is 19.1. The Morgan fingerprint density at radius 3 is 2.61 bits per heavy atom. The molecular formula is C13H20FN3O. The van der Waals surface area contributed by atoms with Crippen molar-refractivity contribution >= 4 is 11.6 Å². The molecule has 0 aromatic heterocycles. The minimum atomic E-state index is -0.318. The highest BCUT2D eigenvalue weighted by molar-refractivity contribution is 5.92. The molecule has 0 aliphatic carbocycles. The average Bonchev–Trinajstić information content (AvgIpc) is 2.31.